The van der Waals surface area contributed by atoms with Crippen molar-refractivity contribution in [2.45, 2.75) is 5.88 Å². The molecule has 0 heterocycles. The summed E-state index contributed by atoms with van der Waals surface area (Å²) in [7, 11) is 0. The Morgan fingerprint density at radius 3 is 2.59 bits per heavy atom. The van der Waals surface area contributed by atoms with Gasteiger partial charge in [0.2, 0.25) is 0 Å². The molecule has 0 spiro atoms. The van der Waals surface area contributed by atoms with Crippen molar-refractivity contribution in [3.8, 4) is 11.5 Å². The van der Waals surface area contributed by atoms with Crippen molar-refractivity contribution in [1.82, 2.24) is 0 Å². The standard InChI is InChI=1S/C13H9BrClFO/c14-11-7-10(6-5-9(11)8-15)17-13-4-2-1-3-12(13)16/h1-7H,8H2. The van der Waals surface area contributed by atoms with Gasteiger partial charge in [-0.25, -0.2) is 4.39 Å². The third-order valence-corrected chi connectivity index (χ3v) is 3.26. The van der Waals surface area contributed by atoms with Gasteiger partial charge >= 0.3 is 0 Å². The molecule has 0 unspecified atom stereocenters. The number of halogens is 3. The predicted molar refractivity (Wildman–Crippen MR) is 70.2 cm³/mol. The zero-order chi connectivity index (χ0) is 12.3. The Morgan fingerprint density at radius 1 is 1.18 bits per heavy atom. The van der Waals surface area contributed by atoms with E-state index < -0.39 is 0 Å². The normalized spacial score (nSPS) is 10.3. The minimum absolute atomic E-state index is 0.207. The molecule has 0 atom stereocenters. The average molecular weight is 316 g/mol. The first-order valence-electron chi connectivity index (χ1n) is 4.97. The van der Waals surface area contributed by atoms with Gasteiger partial charge < -0.3 is 4.74 Å². The van der Waals surface area contributed by atoms with Gasteiger partial charge in [0.25, 0.3) is 0 Å². The molecule has 0 radical (unpaired) electrons. The molecule has 0 saturated carbocycles. The highest BCUT2D eigenvalue weighted by Crippen LogP contribution is 2.29. The van der Waals surface area contributed by atoms with Crippen LogP contribution >= 0.6 is 27.5 Å². The lowest BCUT2D eigenvalue weighted by atomic mass is 10.2. The Kier molecular flexibility index (Phi) is 4.02. The SMILES string of the molecule is Fc1ccccc1Oc1ccc(CCl)c(Br)c1. The van der Waals surface area contributed by atoms with Crippen molar-refractivity contribution < 1.29 is 9.13 Å². The van der Waals surface area contributed by atoms with Crippen LogP contribution in [0.1, 0.15) is 5.56 Å². The summed E-state index contributed by atoms with van der Waals surface area (Å²) in [5, 5.41) is 0. The molecular weight excluding hydrogens is 306 g/mol. The van der Waals surface area contributed by atoms with E-state index in [0.29, 0.717) is 11.6 Å². The minimum Gasteiger partial charge on any atom is -0.454 e. The lowest BCUT2D eigenvalue weighted by Crippen LogP contribution is -1.89. The highest BCUT2D eigenvalue weighted by molar-refractivity contribution is 9.10. The zero-order valence-electron chi connectivity index (χ0n) is 8.79. The van der Waals surface area contributed by atoms with Gasteiger partial charge in [-0.1, -0.05) is 34.1 Å². The van der Waals surface area contributed by atoms with Gasteiger partial charge in [0, 0.05) is 10.4 Å². The van der Waals surface area contributed by atoms with E-state index in [-0.39, 0.29) is 11.6 Å². The van der Waals surface area contributed by atoms with Crippen LogP contribution in [0, 0.1) is 5.82 Å². The van der Waals surface area contributed by atoms with Gasteiger partial charge in [0.15, 0.2) is 11.6 Å². The van der Waals surface area contributed by atoms with Crippen LogP contribution in [-0.2, 0) is 5.88 Å². The summed E-state index contributed by atoms with van der Waals surface area (Å²) in [5.41, 5.74) is 0.965. The van der Waals surface area contributed by atoms with Crippen LogP contribution in [0.15, 0.2) is 46.9 Å². The summed E-state index contributed by atoms with van der Waals surface area (Å²) in [6.07, 6.45) is 0. The molecule has 2 aromatic carbocycles. The van der Waals surface area contributed by atoms with Crippen LogP contribution in [0.2, 0.25) is 0 Å². The monoisotopic (exact) mass is 314 g/mol. The molecule has 4 heteroatoms. The van der Waals surface area contributed by atoms with Crippen molar-refractivity contribution in [3.05, 3.63) is 58.3 Å². The zero-order valence-corrected chi connectivity index (χ0v) is 11.1. The Bertz CT molecular complexity index is 531. The van der Waals surface area contributed by atoms with Gasteiger partial charge in [-0.3, -0.25) is 0 Å². The molecule has 0 bridgehead atoms. The van der Waals surface area contributed by atoms with Gasteiger partial charge in [-0.2, -0.15) is 0 Å². The fourth-order valence-corrected chi connectivity index (χ4v) is 2.25. The van der Waals surface area contributed by atoms with Crippen LogP contribution < -0.4 is 4.74 Å². The molecule has 0 saturated heterocycles. The third-order valence-electron chi connectivity index (χ3n) is 2.23. The molecule has 0 N–H and O–H groups in total. The third kappa shape index (κ3) is 2.99. The fourth-order valence-electron chi connectivity index (χ4n) is 1.35. The van der Waals surface area contributed by atoms with Gasteiger partial charge in [0.1, 0.15) is 5.75 Å². The number of hydrogen-bond donors (Lipinski definition) is 0. The van der Waals surface area contributed by atoms with Gasteiger partial charge in [0.05, 0.1) is 0 Å². The summed E-state index contributed by atoms with van der Waals surface area (Å²) in [5.74, 6) is 0.805. The fraction of sp³-hybridized carbons (Fsp3) is 0.0769. The molecule has 0 aliphatic carbocycles. The van der Waals surface area contributed by atoms with E-state index in [4.69, 9.17) is 16.3 Å². The summed E-state index contributed by atoms with van der Waals surface area (Å²) < 4.78 is 19.7. The van der Waals surface area contributed by atoms with Crippen molar-refractivity contribution in [3.63, 3.8) is 0 Å². The van der Waals surface area contributed by atoms with Crippen LogP contribution in [-0.4, -0.2) is 0 Å². The highest BCUT2D eigenvalue weighted by atomic mass is 79.9. The largest absolute Gasteiger partial charge is 0.454 e. The lowest BCUT2D eigenvalue weighted by molar-refractivity contribution is 0.442. The maximum absolute atomic E-state index is 13.4. The lowest BCUT2D eigenvalue weighted by Gasteiger charge is -2.08. The van der Waals surface area contributed by atoms with E-state index in [2.05, 4.69) is 15.9 Å². The predicted octanol–water partition coefficient (Wildman–Crippen LogP) is 5.12. The Balaban J connectivity index is 2.25. The van der Waals surface area contributed by atoms with Crippen molar-refractivity contribution in [1.29, 1.82) is 0 Å². The number of rotatable bonds is 3. The number of para-hydroxylation sites is 1. The maximum Gasteiger partial charge on any atom is 0.165 e. The van der Waals surface area contributed by atoms with Gasteiger partial charge in [-0.15, -0.1) is 11.6 Å². The summed E-state index contributed by atoms with van der Waals surface area (Å²) in [4.78, 5) is 0. The topological polar surface area (TPSA) is 9.23 Å². The molecule has 0 amide bonds. The number of hydrogen-bond acceptors (Lipinski definition) is 1. The quantitative estimate of drug-likeness (QED) is 0.714. The first-order valence-corrected chi connectivity index (χ1v) is 6.30. The van der Waals surface area contributed by atoms with E-state index in [0.717, 1.165) is 10.0 Å². The van der Waals surface area contributed by atoms with Crippen molar-refractivity contribution >= 4 is 27.5 Å². The van der Waals surface area contributed by atoms with E-state index in [1.54, 1.807) is 30.3 Å². The highest BCUT2D eigenvalue weighted by Gasteiger charge is 2.05. The first kappa shape index (κ1) is 12.4. The molecule has 0 fully saturated rings. The maximum atomic E-state index is 13.4. The van der Waals surface area contributed by atoms with Crippen LogP contribution in [0.25, 0.3) is 0 Å². The van der Waals surface area contributed by atoms with E-state index >= 15 is 0 Å². The molecule has 2 rings (SSSR count). The molecule has 2 aromatic rings. The van der Waals surface area contributed by atoms with Gasteiger partial charge in [-0.05, 0) is 29.8 Å². The average Bonchev–Trinajstić information content (AvgIpc) is 2.32. The summed E-state index contributed by atoms with van der Waals surface area (Å²) >= 11 is 9.12. The van der Waals surface area contributed by atoms with E-state index in [1.165, 1.54) is 6.07 Å². The molecular formula is C13H9BrClFO. The second kappa shape index (κ2) is 5.52. The number of benzene rings is 2. The first-order chi connectivity index (χ1) is 8.20. The van der Waals surface area contributed by atoms with Crippen LogP contribution in [0.5, 0.6) is 11.5 Å². The van der Waals surface area contributed by atoms with E-state index in [1.807, 2.05) is 6.07 Å². The Labute approximate surface area is 112 Å². The second-order valence-electron chi connectivity index (χ2n) is 3.42. The van der Waals surface area contributed by atoms with E-state index in [9.17, 15) is 4.39 Å². The molecule has 17 heavy (non-hydrogen) atoms. The molecule has 1 nitrogen and oxygen atoms in total. The summed E-state index contributed by atoms with van der Waals surface area (Å²) in [6.45, 7) is 0. The number of ether oxygens (including phenoxy) is 1. The van der Waals surface area contributed by atoms with Crippen molar-refractivity contribution in [2.75, 3.05) is 0 Å². The molecule has 0 aliphatic heterocycles. The Hall–Kier alpha value is -1.06. The van der Waals surface area contributed by atoms with Crippen LogP contribution in [0.3, 0.4) is 0 Å². The smallest absolute Gasteiger partial charge is 0.165 e. The molecule has 0 aromatic heterocycles. The second-order valence-corrected chi connectivity index (χ2v) is 4.54. The molecule has 0 aliphatic rings. The minimum atomic E-state index is -0.384. The van der Waals surface area contributed by atoms with Crippen LogP contribution in [0.4, 0.5) is 4.39 Å². The summed E-state index contributed by atoms with van der Waals surface area (Å²) in [6, 6.07) is 11.7. The molecule has 88 valence electrons. The van der Waals surface area contributed by atoms with Crippen molar-refractivity contribution in [2.24, 2.45) is 0 Å². The Morgan fingerprint density at radius 2 is 1.94 bits per heavy atom. The number of alkyl halides is 1.